The van der Waals surface area contributed by atoms with Gasteiger partial charge in [0.2, 0.25) is 0 Å². The highest BCUT2D eigenvalue weighted by molar-refractivity contribution is 5.09. The number of hydrogen-bond donors (Lipinski definition) is 2. The number of fused-ring (bicyclic) bond motifs is 1. The second-order valence-corrected chi connectivity index (χ2v) is 5.11. The summed E-state index contributed by atoms with van der Waals surface area (Å²) >= 11 is 0. The van der Waals surface area contributed by atoms with Gasteiger partial charge in [-0.1, -0.05) is 18.6 Å². The van der Waals surface area contributed by atoms with Gasteiger partial charge in [-0.3, -0.25) is 0 Å². The van der Waals surface area contributed by atoms with Crippen LogP contribution in [0.1, 0.15) is 38.5 Å². The fourth-order valence-corrected chi connectivity index (χ4v) is 3.24. The zero-order valence-corrected chi connectivity index (χ0v) is 8.71. The summed E-state index contributed by atoms with van der Waals surface area (Å²) in [5.74, 6) is 0.735. The summed E-state index contributed by atoms with van der Waals surface area (Å²) in [4.78, 5) is 0. The van der Waals surface area contributed by atoms with Crippen LogP contribution >= 0.6 is 0 Å². The Morgan fingerprint density at radius 2 is 2.29 bits per heavy atom. The Bertz CT molecular complexity index is 236. The van der Waals surface area contributed by atoms with E-state index in [2.05, 4.69) is 6.58 Å². The van der Waals surface area contributed by atoms with Gasteiger partial charge in [0.15, 0.2) is 0 Å². The number of aliphatic hydroxyl groups is 2. The summed E-state index contributed by atoms with van der Waals surface area (Å²) in [7, 11) is 0. The Hall–Kier alpha value is -0.340. The summed E-state index contributed by atoms with van der Waals surface area (Å²) in [5.41, 5.74) is 0.636. The highest BCUT2D eigenvalue weighted by Crippen LogP contribution is 2.46. The molecule has 0 spiro atoms. The van der Waals surface area contributed by atoms with E-state index in [1.54, 1.807) is 0 Å². The smallest absolute Gasteiger partial charge is 0.0712 e. The van der Waals surface area contributed by atoms with Crippen molar-refractivity contribution in [3.63, 3.8) is 0 Å². The molecule has 0 heterocycles. The molecule has 0 amide bonds. The molecule has 2 aliphatic rings. The van der Waals surface area contributed by atoms with E-state index in [0.717, 1.165) is 44.1 Å². The van der Waals surface area contributed by atoms with Crippen LogP contribution in [-0.4, -0.2) is 22.4 Å². The zero-order chi connectivity index (χ0) is 10.2. The van der Waals surface area contributed by atoms with Crippen LogP contribution in [0.5, 0.6) is 0 Å². The van der Waals surface area contributed by atoms with E-state index < -0.39 is 5.60 Å². The fraction of sp³-hybridized carbons (Fsp3) is 0.833. The van der Waals surface area contributed by atoms with Crippen LogP contribution < -0.4 is 0 Å². The van der Waals surface area contributed by atoms with Crippen molar-refractivity contribution in [1.29, 1.82) is 0 Å². The molecule has 80 valence electrons. The molecule has 0 aromatic heterocycles. The van der Waals surface area contributed by atoms with E-state index in [1.807, 2.05) is 0 Å². The topological polar surface area (TPSA) is 40.5 Å². The zero-order valence-electron chi connectivity index (χ0n) is 8.71. The lowest BCUT2D eigenvalue weighted by molar-refractivity contribution is -0.000864. The number of hydrogen-bond acceptors (Lipinski definition) is 2. The third kappa shape index (κ3) is 1.73. The average molecular weight is 196 g/mol. The van der Waals surface area contributed by atoms with Crippen LogP contribution in [0.25, 0.3) is 0 Å². The van der Waals surface area contributed by atoms with Crippen molar-refractivity contribution < 1.29 is 10.2 Å². The molecule has 0 aromatic rings. The summed E-state index contributed by atoms with van der Waals surface area (Å²) in [6, 6.07) is 0. The standard InChI is InChI=1S/C12H20O2/c1-9-5-10(8-13)6-11-3-2-4-12(11,14)7-9/h10-11,13-14H,1-8H2/t10-,11-,12+/m0/s1. The van der Waals surface area contributed by atoms with Gasteiger partial charge in [0, 0.05) is 6.61 Å². The molecule has 0 aromatic carbocycles. The van der Waals surface area contributed by atoms with E-state index in [1.165, 1.54) is 0 Å². The highest BCUT2D eigenvalue weighted by atomic mass is 16.3. The molecular weight excluding hydrogens is 176 g/mol. The Balaban J connectivity index is 2.15. The monoisotopic (exact) mass is 196 g/mol. The summed E-state index contributed by atoms with van der Waals surface area (Å²) in [5, 5.41) is 19.6. The lowest BCUT2D eigenvalue weighted by Gasteiger charge is -2.28. The Morgan fingerprint density at radius 3 is 3.00 bits per heavy atom. The first-order valence-corrected chi connectivity index (χ1v) is 5.64. The number of rotatable bonds is 1. The van der Waals surface area contributed by atoms with Crippen molar-refractivity contribution in [1.82, 2.24) is 0 Å². The molecule has 0 aliphatic heterocycles. The average Bonchev–Trinajstić information content (AvgIpc) is 2.40. The van der Waals surface area contributed by atoms with E-state index in [0.29, 0.717) is 11.8 Å². The molecule has 2 N–H and O–H groups in total. The normalized spacial score (nSPS) is 43.4. The summed E-state index contributed by atoms with van der Waals surface area (Å²) in [6.45, 7) is 4.25. The van der Waals surface area contributed by atoms with Crippen molar-refractivity contribution in [2.45, 2.75) is 44.1 Å². The molecule has 2 aliphatic carbocycles. The maximum atomic E-state index is 10.4. The molecule has 14 heavy (non-hydrogen) atoms. The first kappa shape index (κ1) is 10.2. The van der Waals surface area contributed by atoms with Gasteiger partial charge in [0.25, 0.3) is 0 Å². The van der Waals surface area contributed by atoms with Gasteiger partial charge in [-0.15, -0.1) is 0 Å². The lowest BCUT2D eigenvalue weighted by atomic mass is 9.84. The maximum absolute atomic E-state index is 10.4. The molecule has 2 saturated carbocycles. The van der Waals surface area contributed by atoms with Gasteiger partial charge in [0.05, 0.1) is 5.60 Å². The molecule has 0 bridgehead atoms. The van der Waals surface area contributed by atoms with Gasteiger partial charge in [-0.05, 0) is 43.9 Å². The van der Waals surface area contributed by atoms with Crippen LogP contribution in [0.15, 0.2) is 12.2 Å². The van der Waals surface area contributed by atoms with Crippen molar-refractivity contribution in [3.8, 4) is 0 Å². The third-order valence-electron chi connectivity index (χ3n) is 3.93. The van der Waals surface area contributed by atoms with Gasteiger partial charge < -0.3 is 10.2 Å². The largest absolute Gasteiger partial charge is 0.396 e. The quantitative estimate of drug-likeness (QED) is 0.628. The molecular formula is C12H20O2. The molecule has 0 saturated heterocycles. The SMILES string of the molecule is C=C1C[C@H](CO)C[C@@H]2CCC[C@@]2(O)C1. The fourth-order valence-electron chi connectivity index (χ4n) is 3.24. The van der Waals surface area contributed by atoms with Crippen LogP contribution in [0.3, 0.4) is 0 Å². The first-order chi connectivity index (χ1) is 6.64. The maximum Gasteiger partial charge on any atom is 0.0712 e. The lowest BCUT2D eigenvalue weighted by Crippen LogP contribution is -2.32. The van der Waals surface area contributed by atoms with Crippen LogP contribution in [-0.2, 0) is 0 Å². The third-order valence-corrected chi connectivity index (χ3v) is 3.93. The van der Waals surface area contributed by atoms with Crippen molar-refractivity contribution in [3.05, 3.63) is 12.2 Å². The molecule has 0 unspecified atom stereocenters. The predicted octanol–water partition coefficient (Wildman–Crippen LogP) is 1.87. The highest BCUT2D eigenvalue weighted by Gasteiger charge is 2.43. The minimum absolute atomic E-state index is 0.242. The van der Waals surface area contributed by atoms with E-state index in [4.69, 9.17) is 0 Å². The van der Waals surface area contributed by atoms with Gasteiger partial charge in [-0.25, -0.2) is 0 Å². The molecule has 2 fully saturated rings. The van der Waals surface area contributed by atoms with Crippen LogP contribution in [0.4, 0.5) is 0 Å². The van der Waals surface area contributed by atoms with Crippen molar-refractivity contribution in [2.24, 2.45) is 11.8 Å². The Kier molecular flexibility index (Phi) is 2.67. The molecule has 2 rings (SSSR count). The molecule has 0 radical (unpaired) electrons. The minimum Gasteiger partial charge on any atom is -0.396 e. The minimum atomic E-state index is -0.485. The Labute approximate surface area is 85.6 Å². The second kappa shape index (κ2) is 3.67. The van der Waals surface area contributed by atoms with Crippen LogP contribution in [0, 0.1) is 11.8 Å². The van der Waals surface area contributed by atoms with Gasteiger partial charge in [-0.2, -0.15) is 0 Å². The molecule has 2 heteroatoms. The molecule has 3 atom stereocenters. The van der Waals surface area contributed by atoms with E-state index >= 15 is 0 Å². The van der Waals surface area contributed by atoms with Gasteiger partial charge in [0.1, 0.15) is 0 Å². The van der Waals surface area contributed by atoms with E-state index in [9.17, 15) is 10.2 Å². The Morgan fingerprint density at radius 1 is 1.50 bits per heavy atom. The van der Waals surface area contributed by atoms with Crippen LogP contribution in [0.2, 0.25) is 0 Å². The van der Waals surface area contributed by atoms with E-state index in [-0.39, 0.29) is 6.61 Å². The molecule has 2 nitrogen and oxygen atoms in total. The predicted molar refractivity (Wildman–Crippen MR) is 55.9 cm³/mol. The van der Waals surface area contributed by atoms with Crippen molar-refractivity contribution >= 4 is 0 Å². The summed E-state index contributed by atoms with van der Waals surface area (Å²) in [6.07, 6.45) is 5.82. The second-order valence-electron chi connectivity index (χ2n) is 5.11. The van der Waals surface area contributed by atoms with Gasteiger partial charge >= 0.3 is 0 Å². The number of aliphatic hydroxyl groups excluding tert-OH is 1. The first-order valence-electron chi connectivity index (χ1n) is 5.64. The summed E-state index contributed by atoms with van der Waals surface area (Å²) < 4.78 is 0. The van der Waals surface area contributed by atoms with Crippen molar-refractivity contribution in [2.75, 3.05) is 6.61 Å².